The molecule has 0 aliphatic rings. The van der Waals surface area contributed by atoms with Crippen LogP contribution in [0.5, 0.6) is 0 Å². The molecular formula is C3H6INO. The molecule has 0 saturated heterocycles. The van der Waals surface area contributed by atoms with Crippen LogP contribution in [0.3, 0.4) is 0 Å². The lowest BCUT2D eigenvalue weighted by Crippen LogP contribution is -2.05. The quantitative estimate of drug-likeness (QED) is 0.366. The minimum absolute atomic E-state index is 0.782. The Labute approximate surface area is 51.0 Å². The van der Waals surface area contributed by atoms with Gasteiger partial charge in [0.25, 0.3) is 0 Å². The van der Waals surface area contributed by atoms with Gasteiger partial charge in [-0.15, -0.1) is 0 Å². The zero-order chi connectivity index (χ0) is 4.99. The van der Waals surface area contributed by atoms with Crippen LogP contribution in [0.4, 0.5) is 0 Å². The van der Waals surface area contributed by atoms with E-state index in [0.29, 0.717) is 0 Å². The highest BCUT2D eigenvalue weighted by Crippen LogP contribution is 1.88. The van der Waals surface area contributed by atoms with Crippen LogP contribution in [0.25, 0.3) is 0 Å². The summed E-state index contributed by atoms with van der Waals surface area (Å²) in [5, 5.41) is 0. The van der Waals surface area contributed by atoms with Gasteiger partial charge in [-0.2, -0.15) is 0 Å². The normalized spacial score (nSPS) is 7.67. The molecule has 0 aliphatic carbocycles. The lowest BCUT2D eigenvalue weighted by molar-refractivity contribution is -0.112. The molecule has 0 fully saturated rings. The van der Waals surface area contributed by atoms with Gasteiger partial charge < -0.3 is 0 Å². The van der Waals surface area contributed by atoms with Crippen molar-refractivity contribution in [1.29, 1.82) is 0 Å². The number of rotatable bonds is 2. The van der Waals surface area contributed by atoms with Gasteiger partial charge in [0.2, 0.25) is 6.41 Å². The summed E-state index contributed by atoms with van der Waals surface area (Å²) >= 11 is 1.93. The van der Waals surface area contributed by atoms with Crippen LogP contribution in [0.1, 0.15) is 6.92 Å². The van der Waals surface area contributed by atoms with E-state index in [1.54, 1.807) is 0 Å². The third-order valence-corrected chi connectivity index (χ3v) is 1.33. The summed E-state index contributed by atoms with van der Waals surface area (Å²) in [4.78, 5) is 9.65. The maximum atomic E-state index is 9.65. The van der Waals surface area contributed by atoms with Gasteiger partial charge in [-0.1, -0.05) is 0 Å². The smallest absolute Gasteiger partial charge is 0.218 e. The van der Waals surface area contributed by atoms with Crippen LogP contribution >= 0.6 is 22.9 Å². The molecular weight excluding hydrogens is 193 g/mol. The van der Waals surface area contributed by atoms with Crippen LogP contribution in [-0.2, 0) is 4.79 Å². The van der Waals surface area contributed by atoms with Gasteiger partial charge in [-0.3, -0.25) is 7.91 Å². The van der Waals surface area contributed by atoms with E-state index in [0.717, 1.165) is 13.0 Å². The monoisotopic (exact) mass is 199 g/mol. The first-order valence-corrected chi connectivity index (χ1v) is 2.65. The van der Waals surface area contributed by atoms with Gasteiger partial charge in [0.15, 0.2) is 0 Å². The molecule has 0 unspecified atom stereocenters. The summed E-state index contributed by atoms with van der Waals surface area (Å²) in [7, 11) is 0. The Morgan fingerprint density at radius 2 is 2.50 bits per heavy atom. The number of hydrogen-bond acceptors (Lipinski definition) is 1. The highest BCUT2D eigenvalue weighted by Gasteiger charge is 1.82. The number of amides is 1. The Morgan fingerprint density at radius 3 is 2.50 bits per heavy atom. The first-order valence-electron chi connectivity index (χ1n) is 1.69. The fraction of sp³-hybridized carbons (Fsp3) is 0.667. The van der Waals surface area contributed by atoms with Gasteiger partial charge in [0.1, 0.15) is 0 Å². The molecule has 2 nitrogen and oxygen atoms in total. The second kappa shape index (κ2) is 3.39. The van der Waals surface area contributed by atoms with Crippen molar-refractivity contribution >= 4 is 29.3 Å². The van der Waals surface area contributed by atoms with Crippen LogP contribution < -0.4 is 0 Å². The number of carbonyl (C=O) groups excluding carboxylic acids is 1. The van der Waals surface area contributed by atoms with E-state index in [1.807, 2.05) is 29.8 Å². The maximum Gasteiger partial charge on any atom is 0.218 e. The van der Waals surface area contributed by atoms with Crippen molar-refractivity contribution in [3.8, 4) is 0 Å². The summed E-state index contributed by atoms with van der Waals surface area (Å²) in [5.41, 5.74) is 0. The molecule has 3 heteroatoms. The van der Waals surface area contributed by atoms with Gasteiger partial charge in [0.05, 0.1) is 22.9 Å². The number of nitrogens with zero attached hydrogens (tertiary/aromatic N) is 1. The summed E-state index contributed by atoms with van der Waals surface area (Å²) in [6, 6.07) is 0. The van der Waals surface area contributed by atoms with Crippen molar-refractivity contribution in [1.82, 2.24) is 3.11 Å². The standard InChI is InChI=1S/C3H6INO/c1-2-5(4)3-6/h3H,2H2,1H3. The molecule has 0 bridgehead atoms. The van der Waals surface area contributed by atoms with Crippen LogP contribution in [0, 0.1) is 0 Å². The molecule has 0 aromatic rings. The Bertz CT molecular complexity index is 48.1. The van der Waals surface area contributed by atoms with E-state index < -0.39 is 0 Å². The summed E-state index contributed by atoms with van der Waals surface area (Å²) in [5.74, 6) is 0. The predicted molar refractivity (Wildman–Crippen MR) is 32.5 cm³/mol. The molecule has 36 valence electrons. The average Bonchev–Trinajstić information content (AvgIpc) is 1.65. The topological polar surface area (TPSA) is 20.3 Å². The van der Waals surface area contributed by atoms with Gasteiger partial charge in [0, 0.05) is 6.54 Å². The second-order valence-electron chi connectivity index (χ2n) is 0.821. The number of carbonyl (C=O) groups is 1. The molecule has 0 N–H and O–H groups in total. The van der Waals surface area contributed by atoms with Crippen LogP contribution in [0.15, 0.2) is 0 Å². The van der Waals surface area contributed by atoms with Gasteiger partial charge in [-0.05, 0) is 6.92 Å². The minimum atomic E-state index is 0.782. The fourth-order valence-electron chi connectivity index (χ4n) is 0.0745. The molecule has 6 heavy (non-hydrogen) atoms. The van der Waals surface area contributed by atoms with Crippen molar-refractivity contribution < 1.29 is 4.79 Å². The summed E-state index contributed by atoms with van der Waals surface area (Å²) in [6.45, 7) is 2.70. The SMILES string of the molecule is CCN(I)C=O. The summed E-state index contributed by atoms with van der Waals surface area (Å²) < 4.78 is 1.54. The molecule has 0 spiro atoms. The lowest BCUT2D eigenvalue weighted by Gasteiger charge is -1.98. The second-order valence-corrected chi connectivity index (χ2v) is 2.06. The van der Waals surface area contributed by atoms with E-state index in [2.05, 4.69) is 0 Å². The van der Waals surface area contributed by atoms with Gasteiger partial charge >= 0.3 is 0 Å². The molecule has 0 rings (SSSR count). The van der Waals surface area contributed by atoms with Crippen LogP contribution in [0.2, 0.25) is 0 Å². The third kappa shape index (κ3) is 2.44. The van der Waals surface area contributed by atoms with Crippen molar-refractivity contribution in [3.63, 3.8) is 0 Å². The van der Waals surface area contributed by atoms with E-state index in [4.69, 9.17) is 0 Å². The molecule has 0 aromatic carbocycles. The Hall–Kier alpha value is 0.200. The Kier molecular flexibility index (Phi) is 3.51. The molecule has 0 heterocycles. The predicted octanol–water partition coefficient (Wildman–Crippen LogP) is 0.815. The van der Waals surface area contributed by atoms with E-state index >= 15 is 0 Å². The molecule has 0 radical (unpaired) electrons. The van der Waals surface area contributed by atoms with Crippen molar-refractivity contribution in [2.75, 3.05) is 6.54 Å². The number of halogens is 1. The number of hydrogen-bond donors (Lipinski definition) is 0. The molecule has 0 aromatic heterocycles. The van der Waals surface area contributed by atoms with E-state index in [9.17, 15) is 4.79 Å². The van der Waals surface area contributed by atoms with Crippen molar-refractivity contribution in [3.05, 3.63) is 0 Å². The largest absolute Gasteiger partial charge is 0.288 e. The Balaban J connectivity index is 2.96. The van der Waals surface area contributed by atoms with E-state index in [1.165, 1.54) is 3.11 Å². The first kappa shape index (κ1) is 6.20. The Morgan fingerprint density at radius 1 is 2.00 bits per heavy atom. The first-order chi connectivity index (χ1) is 2.81. The average molecular weight is 199 g/mol. The highest BCUT2D eigenvalue weighted by molar-refractivity contribution is 14.1. The van der Waals surface area contributed by atoms with Crippen LogP contribution in [-0.4, -0.2) is 16.1 Å². The lowest BCUT2D eigenvalue weighted by atomic mass is 10.8. The molecule has 0 aliphatic heterocycles. The molecule has 0 saturated carbocycles. The highest BCUT2D eigenvalue weighted by atomic mass is 127. The summed E-state index contributed by atoms with van der Waals surface area (Å²) in [6.07, 6.45) is 0.792. The minimum Gasteiger partial charge on any atom is -0.288 e. The fourth-order valence-corrected chi connectivity index (χ4v) is 0.0745. The zero-order valence-corrected chi connectivity index (χ0v) is 5.68. The molecule has 1 amide bonds. The van der Waals surface area contributed by atoms with Crippen molar-refractivity contribution in [2.45, 2.75) is 6.92 Å². The third-order valence-electron chi connectivity index (χ3n) is 0.416. The van der Waals surface area contributed by atoms with E-state index in [-0.39, 0.29) is 0 Å². The molecule has 0 atom stereocenters. The van der Waals surface area contributed by atoms with Gasteiger partial charge in [-0.25, -0.2) is 0 Å². The van der Waals surface area contributed by atoms with Crippen molar-refractivity contribution in [2.24, 2.45) is 0 Å². The zero-order valence-electron chi connectivity index (χ0n) is 3.52. The maximum absolute atomic E-state index is 9.65.